The molecule has 0 spiro atoms. The third-order valence-corrected chi connectivity index (χ3v) is 2.73. The number of likely N-dealkylation sites (N-methyl/N-ethyl adjacent to an activating group) is 1. The zero-order chi connectivity index (χ0) is 15.1. The lowest BCUT2D eigenvalue weighted by Gasteiger charge is -2.19. The smallest absolute Gasteiger partial charge is 0.309 e. The summed E-state index contributed by atoms with van der Waals surface area (Å²) in [4.78, 5) is 24.8. The average molecular weight is 282 g/mol. The van der Waals surface area contributed by atoms with Crippen molar-refractivity contribution in [2.45, 2.75) is 6.92 Å². The Balaban J connectivity index is 2.41. The van der Waals surface area contributed by atoms with Gasteiger partial charge in [-0.1, -0.05) is 6.92 Å². The molecule has 0 bridgehead atoms. The zero-order valence-electron chi connectivity index (χ0n) is 11.9. The number of anilines is 1. The fourth-order valence-electron chi connectivity index (χ4n) is 1.79. The van der Waals surface area contributed by atoms with E-state index in [2.05, 4.69) is 10.1 Å². The second-order valence-electron chi connectivity index (χ2n) is 4.68. The average Bonchev–Trinajstić information content (AvgIpc) is 2.40. The first-order chi connectivity index (χ1) is 9.42. The highest BCUT2D eigenvalue weighted by molar-refractivity contribution is 5.92. The Bertz CT molecular complexity index is 462. The Labute approximate surface area is 117 Å². The van der Waals surface area contributed by atoms with Gasteiger partial charge in [0.1, 0.15) is 5.82 Å². The molecule has 1 atom stereocenters. The van der Waals surface area contributed by atoms with Crippen LogP contribution in [0.1, 0.15) is 6.92 Å². The van der Waals surface area contributed by atoms with E-state index in [1.54, 1.807) is 18.9 Å². The number of hydrogen-bond donors (Lipinski definition) is 1. The van der Waals surface area contributed by atoms with Crippen LogP contribution < -0.4 is 5.32 Å². The van der Waals surface area contributed by atoms with Gasteiger partial charge in [-0.3, -0.25) is 14.5 Å². The van der Waals surface area contributed by atoms with Crippen LogP contribution in [0.2, 0.25) is 0 Å². The molecule has 20 heavy (non-hydrogen) atoms. The molecule has 0 fully saturated rings. The summed E-state index contributed by atoms with van der Waals surface area (Å²) in [5, 5.41) is 2.65. The van der Waals surface area contributed by atoms with Crippen molar-refractivity contribution in [1.82, 2.24) is 4.90 Å². The van der Waals surface area contributed by atoms with Gasteiger partial charge in [-0.05, 0) is 31.3 Å². The van der Waals surface area contributed by atoms with E-state index in [1.807, 2.05) is 0 Å². The van der Waals surface area contributed by atoms with Crippen LogP contribution in [0.15, 0.2) is 24.3 Å². The number of hydrogen-bond acceptors (Lipinski definition) is 4. The summed E-state index contributed by atoms with van der Waals surface area (Å²) >= 11 is 0. The van der Waals surface area contributed by atoms with Crippen LogP contribution >= 0.6 is 0 Å². The fourth-order valence-corrected chi connectivity index (χ4v) is 1.79. The van der Waals surface area contributed by atoms with Crippen molar-refractivity contribution in [2.75, 3.05) is 32.6 Å². The zero-order valence-corrected chi connectivity index (χ0v) is 11.9. The SMILES string of the molecule is COC(=O)C(C)CN(C)CC(=O)Nc1ccc(F)cc1. The van der Waals surface area contributed by atoms with E-state index >= 15 is 0 Å². The maximum atomic E-state index is 12.7. The maximum absolute atomic E-state index is 12.7. The molecule has 0 aliphatic heterocycles. The normalized spacial score (nSPS) is 12.1. The van der Waals surface area contributed by atoms with Crippen LogP contribution in [0, 0.1) is 11.7 Å². The number of rotatable bonds is 6. The molecule has 1 amide bonds. The van der Waals surface area contributed by atoms with Crippen LogP contribution in [0.4, 0.5) is 10.1 Å². The van der Waals surface area contributed by atoms with Crippen molar-refractivity contribution < 1.29 is 18.7 Å². The van der Waals surface area contributed by atoms with E-state index in [-0.39, 0.29) is 30.2 Å². The summed E-state index contributed by atoms with van der Waals surface area (Å²) in [5.41, 5.74) is 0.533. The van der Waals surface area contributed by atoms with E-state index in [9.17, 15) is 14.0 Å². The van der Waals surface area contributed by atoms with Crippen molar-refractivity contribution in [2.24, 2.45) is 5.92 Å². The number of esters is 1. The first-order valence-electron chi connectivity index (χ1n) is 6.24. The summed E-state index contributed by atoms with van der Waals surface area (Å²) in [6.07, 6.45) is 0. The van der Waals surface area contributed by atoms with Gasteiger partial charge in [0.2, 0.25) is 5.91 Å². The topological polar surface area (TPSA) is 58.6 Å². The van der Waals surface area contributed by atoms with E-state index in [4.69, 9.17) is 0 Å². The van der Waals surface area contributed by atoms with E-state index in [0.717, 1.165) is 0 Å². The Kier molecular flexibility index (Phi) is 6.11. The summed E-state index contributed by atoms with van der Waals surface area (Å²) in [5.74, 6) is -1.19. The molecule has 0 aliphatic rings. The number of nitrogens with one attached hydrogen (secondary N) is 1. The van der Waals surface area contributed by atoms with Gasteiger partial charge in [-0.25, -0.2) is 4.39 Å². The predicted molar refractivity (Wildman–Crippen MR) is 73.7 cm³/mol. The Morgan fingerprint density at radius 1 is 1.35 bits per heavy atom. The van der Waals surface area contributed by atoms with Gasteiger partial charge in [0.25, 0.3) is 0 Å². The molecule has 5 nitrogen and oxygen atoms in total. The van der Waals surface area contributed by atoms with E-state index in [1.165, 1.54) is 31.4 Å². The van der Waals surface area contributed by atoms with Crippen molar-refractivity contribution in [1.29, 1.82) is 0 Å². The molecule has 1 aromatic rings. The standard InChI is InChI=1S/C14H19FN2O3/c1-10(14(19)20-3)8-17(2)9-13(18)16-12-6-4-11(15)5-7-12/h4-7,10H,8-9H2,1-3H3,(H,16,18). The lowest BCUT2D eigenvalue weighted by molar-refractivity contribution is -0.145. The highest BCUT2D eigenvalue weighted by atomic mass is 19.1. The van der Waals surface area contributed by atoms with Gasteiger partial charge in [-0.2, -0.15) is 0 Å². The molecular formula is C14H19FN2O3. The molecule has 6 heteroatoms. The van der Waals surface area contributed by atoms with Gasteiger partial charge < -0.3 is 10.1 Å². The molecule has 1 aromatic carbocycles. The number of carbonyl (C=O) groups is 2. The summed E-state index contributed by atoms with van der Waals surface area (Å²) in [6.45, 7) is 2.29. The number of amides is 1. The number of benzene rings is 1. The van der Waals surface area contributed by atoms with Gasteiger partial charge >= 0.3 is 5.97 Å². The van der Waals surface area contributed by atoms with Crippen molar-refractivity contribution in [3.63, 3.8) is 0 Å². The van der Waals surface area contributed by atoms with Crippen LogP contribution in [0.5, 0.6) is 0 Å². The number of methoxy groups -OCH3 is 1. The van der Waals surface area contributed by atoms with E-state index < -0.39 is 0 Å². The number of nitrogens with zero attached hydrogens (tertiary/aromatic N) is 1. The highest BCUT2D eigenvalue weighted by Crippen LogP contribution is 2.08. The number of ether oxygens (including phenoxy) is 1. The lowest BCUT2D eigenvalue weighted by Crippen LogP contribution is -2.35. The third kappa shape index (κ3) is 5.36. The largest absolute Gasteiger partial charge is 0.469 e. The second-order valence-corrected chi connectivity index (χ2v) is 4.68. The molecule has 110 valence electrons. The lowest BCUT2D eigenvalue weighted by atomic mass is 10.2. The molecular weight excluding hydrogens is 263 g/mol. The van der Waals surface area contributed by atoms with Gasteiger partial charge in [-0.15, -0.1) is 0 Å². The second kappa shape index (κ2) is 7.59. The minimum atomic E-state index is -0.355. The van der Waals surface area contributed by atoms with Crippen molar-refractivity contribution in [3.8, 4) is 0 Å². The molecule has 0 heterocycles. The predicted octanol–water partition coefficient (Wildman–Crippen LogP) is 1.51. The minimum Gasteiger partial charge on any atom is -0.469 e. The monoisotopic (exact) mass is 282 g/mol. The summed E-state index contributed by atoms with van der Waals surface area (Å²) in [6, 6.07) is 5.53. The quantitative estimate of drug-likeness (QED) is 0.803. The van der Waals surface area contributed by atoms with Crippen LogP contribution in [-0.2, 0) is 14.3 Å². The van der Waals surface area contributed by atoms with Crippen LogP contribution in [-0.4, -0.2) is 44.0 Å². The molecule has 0 saturated carbocycles. The Morgan fingerprint density at radius 2 is 1.95 bits per heavy atom. The Morgan fingerprint density at radius 3 is 2.50 bits per heavy atom. The molecule has 1 unspecified atom stereocenters. The van der Waals surface area contributed by atoms with Crippen molar-refractivity contribution >= 4 is 17.6 Å². The fraction of sp³-hybridized carbons (Fsp3) is 0.429. The van der Waals surface area contributed by atoms with Crippen LogP contribution in [0.25, 0.3) is 0 Å². The Hall–Kier alpha value is -1.95. The number of carbonyl (C=O) groups excluding carboxylic acids is 2. The molecule has 0 radical (unpaired) electrons. The molecule has 1 rings (SSSR count). The van der Waals surface area contributed by atoms with Crippen LogP contribution in [0.3, 0.4) is 0 Å². The third-order valence-electron chi connectivity index (χ3n) is 2.73. The molecule has 0 aliphatic carbocycles. The molecule has 0 aromatic heterocycles. The summed E-state index contributed by atoms with van der Waals surface area (Å²) < 4.78 is 17.3. The first kappa shape index (κ1) is 16.1. The highest BCUT2D eigenvalue weighted by Gasteiger charge is 2.16. The van der Waals surface area contributed by atoms with Gasteiger partial charge in [0, 0.05) is 12.2 Å². The first-order valence-corrected chi connectivity index (χ1v) is 6.24. The van der Waals surface area contributed by atoms with Crippen molar-refractivity contribution in [3.05, 3.63) is 30.1 Å². The molecule has 1 N–H and O–H groups in total. The van der Waals surface area contributed by atoms with Gasteiger partial charge in [0.05, 0.1) is 19.6 Å². The summed E-state index contributed by atoms with van der Waals surface area (Å²) in [7, 11) is 3.07. The maximum Gasteiger partial charge on any atom is 0.309 e. The number of halogens is 1. The van der Waals surface area contributed by atoms with E-state index in [0.29, 0.717) is 12.2 Å². The molecule has 0 saturated heterocycles. The van der Waals surface area contributed by atoms with Gasteiger partial charge in [0.15, 0.2) is 0 Å². The minimum absolute atomic E-state index is 0.138.